The van der Waals surface area contributed by atoms with Crippen molar-refractivity contribution in [1.82, 2.24) is 5.32 Å². The zero-order valence-corrected chi connectivity index (χ0v) is 18.6. The highest BCUT2D eigenvalue weighted by Gasteiger charge is 2.32. The summed E-state index contributed by atoms with van der Waals surface area (Å²) in [6, 6.07) is 4.88. The first kappa shape index (κ1) is 22.8. The molecule has 0 saturated heterocycles. The smallest absolute Gasteiger partial charge is 0.243 e. The lowest BCUT2D eigenvalue weighted by atomic mass is 10.1. The first-order valence-corrected chi connectivity index (χ1v) is 11.7. The maximum absolute atomic E-state index is 12.7. The van der Waals surface area contributed by atoms with E-state index in [1.165, 1.54) is 4.31 Å². The predicted molar refractivity (Wildman–Crippen MR) is 113 cm³/mol. The van der Waals surface area contributed by atoms with Crippen molar-refractivity contribution in [3.63, 3.8) is 0 Å². The summed E-state index contributed by atoms with van der Waals surface area (Å²) < 4.78 is 26.4. The summed E-state index contributed by atoms with van der Waals surface area (Å²) in [4.78, 5) is 12.7. The summed E-state index contributed by atoms with van der Waals surface area (Å²) in [6.07, 6.45) is 1.55. The molecule has 1 amide bonds. The van der Waals surface area contributed by atoms with Gasteiger partial charge in [-0.3, -0.25) is 9.10 Å². The van der Waals surface area contributed by atoms with Gasteiger partial charge in [0.25, 0.3) is 0 Å². The number of amides is 1. The van der Waals surface area contributed by atoms with Crippen LogP contribution in [0.15, 0.2) is 18.2 Å². The summed E-state index contributed by atoms with van der Waals surface area (Å²) >= 11 is 1.76. The number of aryl methyl sites for hydroxylation is 2. The number of rotatable bonds is 8. The topological polar surface area (TPSA) is 66.5 Å². The molecule has 1 rings (SSSR count). The van der Waals surface area contributed by atoms with Crippen molar-refractivity contribution in [3.05, 3.63) is 29.3 Å². The van der Waals surface area contributed by atoms with E-state index in [0.29, 0.717) is 18.7 Å². The number of benzene rings is 1. The van der Waals surface area contributed by atoms with Gasteiger partial charge in [0.05, 0.1) is 11.9 Å². The van der Waals surface area contributed by atoms with Crippen molar-refractivity contribution in [2.24, 2.45) is 0 Å². The number of hydrogen-bond acceptors (Lipinski definition) is 4. The van der Waals surface area contributed by atoms with Crippen LogP contribution in [0.4, 0.5) is 5.69 Å². The van der Waals surface area contributed by atoms with E-state index in [-0.39, 0.29) is 10.7 Å². The first-order chi connectivity index (χ1) is 11.9. The van der Waals surface area contributed by atoms with Gasteiger partial charge in [-0.05, 0) is 37.5 Å². The highest BCUT2D eigenvalue weighted by molar-refractivity contribution is 8.00. The Labute approximate surface area is 163 Å². The quantitative estimate of drug-likeness (QED) is 0.678. The molecule has 0 aliphatic heterocycles. The summed E-state index contributed by atoms with van der Waals surface area (Å²) in [7, 11) is -3.60. The highest BCUT2D eigenvalue weighted by atomic mass is 32.2. The van der Waals surface area contributed by atoms with Gasteiger partial charge >= 0.3 is 0 Å². The summed E-state index contributed by atoms with van der Waals surface area (Å²) in [5.74, 6) is 0.530. The SMILES string of the molecule is CC[C@@H](C(=O)NCCSC(C)(C)C)N(c1cc(C)ccc1C)S(C)(=O)=O. The molecule has 0 aliphatic carbocycles. The lowest BCUT2D eigenvalue weighted by Crippen LogP contribution is -2.50. The molecular formula is C19H32N2O3S2. The number of carbonyl (C=O) groups is 1. The lowest BCUT2D eigenvalue weighted by molar-refractivity contribution is -0.122. The number of thioether (sulfide) groups is 1. The largest absolute Gasteiger partial charge is 0.353 e. The summed E-state index contributed by atoms with van der Waals surface area (Å²) in [5.41, 5.74) is 2.35. The van der Waals surface area contributed by atoms with Crippen LogP contribution in [0, 0.1) is 13.8 Å². The van der Waals surface area contributed by atoms with E-state index in [4.69, 9.17) is 0 Å². The normalized spacial score (nSPS) is 13.3. The Balaban J connectivity index is 3.04. The van der Waals surface area contributed by atoms with Gasteiger partial charge in [-0.1, -0.05) is 39.8 Å². The highest BCUT2D eigenvalue weighted by Crippen LogP contribution is 2.27. The molecule has 0 heterocycles. The van der Waals surface area contributed by atoms with Crippen LogP contribution in [0.3, 0.4) is 0 Å². The summed E-state index contributed by atoms with van der Waals surface area (Å²) in [5, 5.41) is 2.90. The molecule has 0 spiro atoms. The van der Waals surface area contributed by atoms with Crippen molar-refractivity contribution in [3.8, 4) is 0 Å². The molecule has 1 aromatic carbocycles. The minimum absolute atomic E-state index is 0.131. The Morgan fingerprint density at radius 1 is 1.27 bits per heavy atom. The fourth-order valence-corrected chi connectivity index (χ4v) is 4.72. The van der Waals surface area contributed by atoms with Gasteiger partial charge in [-0.15, -0.1) is 0 Å². The van der Waals surface area contributed by atoms with Crippen molar-refractivity contribution in [1.29, 1.82) is 0 Å². The van der Waals surface area contributed by atoms with E-state index in [9.17, 15) is 13.2 Å². The molecule has 0 bridgehead atoms. The third-order valence-corrected chi connectivity index (χ3v) is 6.31. The number of anilines is 1. The number of nitrogens with zero attached hydrogens (tertiary/aromatic N) is 1. The fraction of sp³-hybridized carbons (Fsp3) is 0.632. The second kappa shape index (κ2) is 9.13. The van der Waals surface area contributed by atoms with Crippen molar-refractivity contribution >= 4 is 33.4 Å². The van der Waals surface area contributed by atoms with Crippen LogP contribution in [0.25, 0.3) is 0 Å². The number of sulfonamides is 1. The maximum atomic E-state index is 12.7. The molecule has 0 saturated carbocycles. The first-order valence-electron chi connectivity index (χ1n) is 8.85. The monoisotopic (exact) mass is 400 g/mol. The van der Waals surface area contributed by atoms with Gasteiger partial charge in [-0.2, -0.15) is 11.8 Å². The van der Waals surface area contributed by atoms with Crippen LogP contribution < -0.4 is 9.62 Å². The molecule has 148 valence electrons. The third kappa shape index (κ3) is 6.83. The van der Waals surface area contributed by atoms with Crippen LogP contribution in [0.5, 0.6) is 0 Å². The number of carbonyl (C=O) groups excluding carboxylic acids is 1. The summed E-state index contributed by atoms with van der Waals surface area (Å²) in [6.45, 7) is 12.5. The Morgan fingerprint density at radius 2 is 1.88 bits per heavy atom. The average Bonchev–Trinajstić information content (AvgIpc) is 2.49. The van der Waals surface area contributed by atoms with Gasteiger partial charge < -0.3 is 5.32 Å². The van der Waals surface area contributed by atoms with Gasteiger partial charge in [0, 0.05) is 17.0 Å². The molecule has 1 N–H and O–H groups in total. The fourth-order valence-electron chi connectivity index (χ4n) is 2.64. The molecule has 1 aromatic rings. The van der Waals surface area contributed by atoms with E-state index in [1.54, 1.807) is 11.8 Å². The van der Waals surface area contributed by atoms with Crippen LogP contribution >= 0.6 is 11.8 Å². The molecule has 0 radical (unpaired) electrons. The van der Waals surface area contributed by atoms with Crippen molar-refractivity contribution in [2.75, 3.05) is 22.9 Å². The minimum Gasteiger partial charge on any atom is -0.353 e. The van der Waals surface area contributed by atoms with Crippen LogP contribution in [-0.4, -0.2) is 43.7 Å². The van der Waals surface area contributed by atoms with E-state index >= 15 is 0 Å². The second-order valence-corrected chi connectivity index (χ2v) is 11.3. The number of nitrogens with one attached hydrogen (secondary N) is 1. The van der Waals surface area contributed by atoms with E-state index in [0.717, 1.165) is 23.1 Å². The van der Waals surface area contributed by atoms with Gasteiger partial charge in [0.1, 0.15) is 6.04 Å². The molecule has 0 unspecified atom stereocenters. The van der Waals surface area contributed by atoms with Crippen molar-refractivity contribution in [2.45, 2.75) is 58.8 Å². The van der Waals surface area contributed by atoms with E-state index in [2.05, 4.69) is 26.1 Å². The zero-order chi connectivity index (χ0) is 20.1. The Bertz CT molecular complexity index is 725. The molecule has 0 aliphatic rings. The molecule has 0 fully saturated rings. The Hall–Kier alpha value is -1.21. The molecule has 7 heteroatoms. The van der Waals surface area contributed by atoms with Crippen LogP contribution in [0.1, 0.15) is 45.2 Å². The van der Waals surface area contributed by atoms with Crippen LogP contribution in [0.2, 0.25) is 0 Å². The van der Waals surface area contributed by atoms with Crippen molar-refractivity contribution < 1.29 is 13.2 Å². The predicted octanol–water partition coefficient (Wildman–Crippen LogP) is 3.50. The molecule has 5 nitrogen and oxygen atoms in total. The molecular weight excluding hydrogens is 368 g/mol. The van der Waals surface area contributed by atoms with Gasteiger partial charge in [0.15, 0.2) is 0 Å². The van der Waals surface area contributed by atoms with Crippen LogP contribution in [-0.2, 0) is 14.8 Å². The third-order valence-electron chi connectivity index (χ3n) is 3.87. The zero-order valence-electron chi connectivity index (χ0n) is 16.9. The van der Waals surface area contributed by atoms with E-state index < -0.39 is 16.1 Å². The van der Waals surface area contributed by atoms with Gasteiger partial charge in [-0.25, -0.2) is 8.42 Å². The number of hydrogen-bond donors (Lipinski definition) is 1. The Morgan fingerprint density at radius 3 is 2.38 bits per heavy atom. The molecule has 26 heavy (non-hydrogen) atoms. The maximum Gasteiger partial charge on any atom is 0.243 e. The second-order valence-electron chi connectivity index (χ2n) is 7.52. The average molecular weight is 401 g/mol. The molecule has 0 aromatic heterocycles. The van der Waals surface area contributed by atoms with Gasteiger partial charge in [0.2, 0.25) is 15.9 Å². The lowest BCUT2D eigenvalue weighted by Gasteiger charge is -2.31. The Kier molecular flexibility index (Phi) is 8.02. The molecule has 1 atom stereocenters. The standard InChI is InChI=1S/C19H32N2O3S2/c1-8-16(18(22)20-11-12-25-19(4,5)6)21(26(7,23)24)17-13-14(2)9-10-15(17)3/h9-10,13,16H,8,11-12H2,1-7H3,(H,20,22)/t16-/m0/s1. The van der Waals surface area contributed by atoms with E-state index in [1.807, 2.05) is 39.0 Å². The minimum atomic E-state index is -3.60.